The highest BCUT2D eigenvalue weighted by molar-refractivity contribution is 5.70. The molecule has 0 aromatic rings. The van der Waals surface area contributed by atoms with Crippen molar-refractivity contribution in [3.05, 3.63) is 24.3 Å². The van der Waals surface area contributed by atoms with E-state index in [-0.39, 0.29) is 26.1 Å². The van der Waals surface area contributed by atoms with Crippen molar-refractivity contribution in [2.45, 2.75) is 197 Å². The SMILES string of the molecule is CCCCC/C=C\C/C=C\CCCCCCCC(=O)OC(COC(=O)CCCCCCC)COC1OC(COC2OC(CO)C(O)C(O)C2O)C(O)C(O)C1O. The summed E-state index contributed by atoms with van der Waals surface area (Å²) in [5.74, 6) is -0.958. The average Bonchev–Trinajstić information content (AvgIpc) is 3.19. The van der Waals surface area contributed by atoms with Crippen molar-refractivity contribution in [1.29, 1.82) is 0 Å². The van der Waals surface area contributed by atoms with Gasteiger partial charge in [-0.2, -0.15) is 0 Å². The predicted octanol–water partition coefficient (Wildman–Crippen LogP) is 3.26. The molecule has 2 saturated heterocycles. The number of carbonyl (C=O) groups is 2. The van der Waals surface area contributed by atoms with Crippen molar-refractivity contribution in [1.82, 2.24) is 0 Å². The largest absolute Gasteiger partial charge is 0.462 e. The van der Waals surface area contributed by atoms with Crippen LogP contribution in [-0.2, 0) is 38.0 Å². The first kappa shape index (κ1) is 50.1. The molecular formula is C41H72O15. The minimum Gasteiger partial charge on any atom is -0.462 e. The fourth-order valence-corrected chi connectivity index (χ4v) is 6.36. The Morgan fingerprint density at radius 1 is 0.571 bits per heavy atom. The second kappa shape index (κ2) is 30.1. The van der Waals surface area contributed by atoms with Crippen LogP contribution in [0.15, 0.2) is 24.3 Å². The Hall–Kier alpha value is -2.02. The molecular weight excluding hydrogens is 732 g/mol. The van der Waals surface area contributed by atoms with Gasteiger partial charge in [-0.1, -0.05) is 95.9 Å². The van der Waals surface area contributed by atoms with Gasteiger partial charge in [0, 0.05) is 12.8 Å². The van der Waals surface area contributed by atoms with Gasteiger partial charge in [0.2, 0.25) is 0 Å². The number of hydrogen-bond acceptors (Lipinski definition) is 15. The van der Waals surface area contributed by atoms with Gasteiger partial charge in [-0.05, 0) is 44.9 Å². The highest BCUT2D eigenvalue weighted by atomic mass is 16.7. The first-order valence-electron chi connectivity index (χ1n) is 20.9. The molecule has 2 aliphatic heterocycles. The van der Waals surface area contributed by atoms with Crippen LogP contribution in [0.1, 0.15) is 129 Å². The lowest BCUT2D eigenvalue weighted by molar-refractivity contribution is -0.332. The maximum Gasteiger partial charge on any atom is 0.306 e. The maximum atomic E-state index is 12.8. The van der Waals surface area contributed by atoms with Gasteiger partial charge in [0.15, 0.2) is 18.7 Å². The summed E-state index contributed by atoms with van der Waals surface area (Å²) in [6.07, 6.45) is 8.55. The lowest BCUT2D eigenvalue weighted by atomic mass is 9.98. The van der Waals surface area contributed by atoms with Crippen LogP contribution in [0.5, 0.6) is 0 Å². The van der Waals surface area contributed by atoms with E-state index in [9.17, 15) is 45.3 Å². The highest BCUT2D eigenvalue weighted by Gasteiger charge is 2.47. The molecule has 2 fully saturated rings. The third-order valence-corrected chi connectivity index (χ3v) is 9.93. The van der Waals surface area contributed by atoms with Crippen LogP contribution < -0.4 is 0 Å². The third kappa shape index (κ3) is 19.6. The second-order valence-electron chi connectivity index (χ2n) is 14.8. The first-order chi connectivity index (χ1) is 27.0. The Kier molecular flexibility index (Phi) is 26.9. The molecule has 15 heteroatoms. The molecule has 0 spiro atoms. The van der Waals surface area contributed by atoms with Gasteiger partial charge in [0.05, 0.1) is 19.8 Å². The molecule has 0 amide bonds. The minimum atomic E-state index is -1.76. The molecule has 56 heavy (non-hydrogen) atoms. The molecule has 0 saturated carbocycles. The van der Waals surface area contributed by atoms with E-state index in [1.165, 1.54) is 19.3 Å². The lowest BCUT2D eigenvalue weighted by Crippen LogP contribution is -2.61. The first-order valence-corrected chi connectivity index (χ1v) is 20.9. The van der Waals surface area contributed by atoms with Crippen molar-refractivity contribution in [2.75, 3.05) is 26.4 Å². The van der Waals surface area contributed by atoms with Gasteiger partial charge in [0.25, 0.3) is 0 Å². The monoisotopic (exact) mass is 804 g/mol. The Morgan fingerprint density at radius 2 is 1.07 bits per heavy atom. The van der Waals surface area contributed by atoms with Crippen LogP contribution in [0, 0.1) is 0 Å². The minimum absolute atomic E-state index is 0.150. The van der Waals surface area contributed by atoms with Crippen molar-refractivity contribution >= 4 is 11.9 Å². The normalized spacial score (nSPS) is 28.9. The number of esters is 2. The summed E-state index contributed by atoms with van der Waals surface area (Å²) in [7, 11) is 0. The second-order valence-corrected chi connectivity index (χ2v) is 14.8. The van der Waals surface area contributed by atoms with Gasteiger partial charge in [0.1, 0.15) is 55.4 Å². The molecule has 0 aromatic carbocycles. The fraction of sp³-hybridized carbons (Fsp3) is 0.854. The van der Waals surface area contributed by atoms with Gasteiger partial charge in [-0.25, -0.2) is 0 Å². The highest BCUT2D eigenvalue weighted by Crippen LogP contribution is 2.26. The van der Waals surface area contributed by atoms with Crippen molar-refractivity contribution in [3.8, 4) is 0 Å². The van der Waals surface area contributed by atoms with Gasteiger partial charge in [-0.15, -0.1) is 0 Å². The smallest absolute Gasteiger partial charge is 0.306 e. The zero-order valence-electron chi connectivity index (χ0n) is 33.6. The molecule has 15 nitrogen and oxygen atoms in total. The molecule has 11 unspecified atom stereocenters. The van der Waals surface area contributed by atoms with Crippen LogP contribution >= 0.6 is 0 Å². The number of aliphatic hydroxyl groups is 7. The molecule has 0 aromatic heterocycles. The Balaban J connectivity index is 1.85. The quantitative estimate of drug-likeness (QED) is 0.0314. The van der Waals surface area contributed by atoms with Crippen LogP contribution in [0.25, 0.3) is 0 Å². The topological polar surface area (TPSA) is 231 Å². The summed E-state index contributed by atoms with van der Waals surface area (Å²) in [4.78, 5) is 25.3. The summed E-state index contributed by atoms with van der Waals surface area (Å²) in [5.41, 5.74) is 0. The molecule has 11 atom stereocenters. The average molecular weight is 805 g/mol. The van der Waals surface area contributed by atoms with Gasteiger partial charge in [-0.3, -0.25) is 9.59 Å². The zero-order chi connectivity index (χ0) is 41.1. The number of carbonyl (C=O) groups excluding carboxylic acids is 2. The van der Waals surface area contributed by atoms with Crippen LogP contribution in [0.3, 0.4) is 0 Å². The number of aliphatic hydroxyl groups excluding tert-OH is 7. The molecule has 326 valence electrons. The summed E-state index contributed by atoms with van der Waals surface area (Å²) >= 11 is 0. The Morgan fingerprint density at radius 3 is 1.70 bits per heavy atom. The molecule has 2 aliphatic rings. The summed E-state index contributed by atoms with van der Waals surface area (Å²) < 4.78 is 33.2. The summed E-state index contributed by atoms with van der Waals surface area (Å²) in [6.45, 7) is 2.41. The van der Waals surface area contributed by atoms with Gasteiger partial charge >= 0.3 is 11.9 Å². The summed E-state index contributed by atoms with van der Waals surface area (Å²) in [6, 6.07) is 0. The number of unbranched alkanes of at least 4 members (excludes halogenated alkanes) is 12. The predicted molar refractivity (Wildman–Crippen MR) is 206 cm³/mol. The van der Waals surface area contributed by atoms with Crippen LogP contribution in [-0.4, -0.2) is 142 Å². The maximum absolute atomic E-state index is 12.8. The Bertz CT molecular complexity index is 1090. The van der Waals surface area contributed by atoms with Crippen molar-refractivity contribution < 1.29 is 73.8 Å². The number of hydrogen-bond donors (Lipinski definition) is 7. The van der Waals surface area contributed by atoms with E-state index in [0.717, 1.165) is 70.6 Å². The van der Waals surface area contributed by atoms with E-state index >= 15 is 0 Å². The van der Waals surface area contributed by atoms with Crippen molar-refractivity contribution in [3.63, 3.8) is 0 Å². The van der Waals surface area contributed by atoms with E-state index in [4.69, 9.17) is 28.4 Å². The number of ether oxygens (including phenoxy) is 6. The number of rotatable bonds is 30. The third-order valence-electron chi connectivity index (χ3n) is 9.93. The molecule has 2 rings (SSSR count). The van der Waals surface area contributed by atoms with Gasteiger partial charge < -0.3 is 64.2 Å². The fourth-order valence-electron chi connectivity index (χ4n) is 6.36. The van der Waals surface area contributed by atoms with Crippen LogP contribution in [0.2, 0.25) is 0 Å². The standard InChI is InChI=1S/C41H72O15/c1-3-5-7-9-10-11-12-13-14-15-16-17-18-20-22-24-33(44)54-29(26-51-32(43)23-21-19-8-6-4-2)27-52-40-39(50)37(48)35(46)31(56-40)28-53-41-38(49)36(47)34(45)30(25-42)55-41/h10-11,13-14,29-31,34-42,45-50H,3-9,12,15-28H2,1-2H3/b11-10-,14-13-. The van der Waals surface area contributed by atoms with Crippen LogP contribution in [0.4, 0.5) is 0 Å². The molecule has 0 bridgehead atoms. The van der Waals surface area contributed by atoms with Crippen molar-refractivity contribution in [2.24, 2.45) is 0 Å². The Labute approximate surface area is 333 Å². The number of allylic oxidation sites excluding steroid dienone is 4. The lowest BCUT2D eigenvalue weighted by Gasteiger charge is -2.42. The van der Waals surface area contributed by atoms with E-state index in [1.807, 2.05) is 0 Å². The van der Waals surface area contributed by atoms with E-state index < -0.39 is 92.7 Å². The van der Waals surface area contributed by atoms with E-state index in [0.29, 0.717) is 12.8 Å². The molecule has 0 aliphatic carbocycles. The van der Waals surface area contributed by atoms with E-state index in [1.54, 1.807) is 0 Å². The molecule has 7 N–H and O–H groups in total. The molecule has 0 radical (unpaired) electrons. The van der Waals surface area contributed by atoms with E-state index in [2.05, 4.69) is 38.2 Å². The molecule has 2 heterocycles. The summed E-state index contributed by atoms with van der Waals surface area (Å²) in [5, 5.41) is 71.5. The zero-order valence-corrected chi connectivity index (χ0v) is 33.6.